The SMILES string of the molecule is CCC(=O)c1nc(-c2cccnc2)[nH]c1CC. The van der Waals surface area contributed by atoms with Crippen LogP contribution in [0.2, 0.25) is 0 Å². The molecule has 0 saturated carbocycles. The van der Waals surface area contributed by atoms with Crippen molar-refractivity contribution >= 4 is 5.78 Å². The van der Waals surface area contributed by atoms with Crippen molar-refractivity contribution in [1.29, 1.82) is 0 Å². The van der Waals surface area contributed by atoms with Crippen molar-refractivity contribution in [2.24, 2.45) is 0 Å². The van der Waals surface area contributed by atoms with E-state index in [-0.39, 0.29) is 5.78 Å². The second-order valence-electron chi connectivity index (χ2n) is 3.78. The molecule has 4 nitrogen and oxygen atoms in total. The number of pyridine rings is 1. The first-order chi connectivity index (χ1) is 8.26. The second kappa shape index (κ2) is 4.91. The number of hydrogen-bond donors (Lipinski definition) is 1. The third kappa shape index (κ3) is 2.25. The molecule has 2 aromatic rings. The molecular weight excluding hydrogens is 214 g/mol. The highest BCUT2D eigenvalue weighted by atomic mass is 16.1. The normalized spacial score (nSPS) is 10.5. The van der Waals surface area contributed by atoms with Crippen LogP contribution in [0.4, 0.5) is 0 Å². The molecule has 17 heavy (non-hydrogen) atoms. The predicted molar refractivity (Wildman–Crippen MR) is 65.8 cm³/mol. The molecule has 0 bridgehead atoms. The summed E-state index contributed by atoms with van der Waals surface area (Å²) in [7, 11) is 0. The molecular formula is C13H15N3O. The Bertz CT molecular complexity index is 517. The molecule has 0 aliphatic carbocycles. The van der Waals surface area contributed by atoms with E-state index in [9.17, 15) is 4.79 Å². The van der Waals surface area contributed by atoms with Gasteiger partial charge >= 0.3 is 0 Å². The van der Waals surface area contributed by atoms with Gasteiger partial charge in [-0.15, -0.1) is 0 Å². The standard InChI is InChI=1S/C13H15N3O/c1-3-10-12(11(17)4-2)16-13(15-10)9-6-5-7-14-8-9/h5-8H,3-4H2,1-2H3,(H,15,16). The Labute approximate surface area is 100 Å². The molecule has 0 atom stereocenters. The summed E-state index contributed by atoms with van der Waals surface area (Å²) in [5.41, 5.74) is 2.36. The number of rotatable bonds is 4. The Kier molecular flexibility index (Phi) is 3.32. The van der Waals surface area contributed by atoms with Gasteiger partial charge < -0.3 is 4.98 Å². The van der Waals surface area contributed by atoms with Gasteiger partial charge in [-0.05, 0) is 18.6 Å². The highest BCUT2D eigenvalue weighted by Crippen LogP contribution is 2.18. The Morgan fingerprint density at radius 3 is 2.82 bits per heavy atom. The topological polar surface area (TPSA) is 58.6 Å². The van der Waals surface area contributed by atoms with Crippen LogP contribution in [0.25, 0.3) is 11.4 Å². The Morgan fingerprint density at radius 2 is 2.24 bits per heavy atom. The number of nitrogens with one attached hydrogen (secondary N) is 1. The molecule has 0 spiro atoms. The van der Waals surface area contributed by atoms with E-state index in [1.807, 2.05) is 26.0 Å². The summed E-state index contributed by atoms with van der Waals surface area (Å²) in [4.78, 5) is 23.4. The van der Waals surface area contributed by atoms with Crippen molar-refractivity contribution in [3.05, 3.63) is 35.9 Å². The fourth-order valence-electron chi connectivity index (χ4n) is 1.70. The molecule has 2 heterocycles. The lowest BCUT2D eigenvalue weighted by atomic mass is 10.1. The molecule has 0 unspecified atom stereocenters. The molecule has 0 aromatic carbocycles. The molecule has 0 aliphatic rings. The summed E-state index contributed by atoms with van der Waals surface area (Å²) in [5.74, 6) is 0.792. The quantitative estimate of drug-likeness (QED) is 0.820. The first kappa shape index (κ1) is 11.5. The maximum absolute atomic E-state index is 11.7. The van der Waals surface area contributed by atoms with Crippen molar-refractivity contribution in [1.82, 2.24) is 15.0 Å². The van der Waals surface area contributed by atoms with Crippen LogP contribution in [0.15, 0.2) is 24.5 Å². The summed E-state index contributed by atoms with van der Waals surface area (Å²) in [5, 5.41) is 0. The molecule has 0 radical (unpaired) electrons. The lowest BCUT2D eigenvalue weighted by Crippen LogP contribution is -2.01. The number of carbonyl (C=O) groups is 1. The molecule has 0 saturated heterocycles. The van der Waals surface area contributed by atoms with E-state index in [1.165, 1.54) is 0 Å². The first-order valence-corrected chi connectivity index (χ1v) is 5.78. The van der Waals surface area contributed by atoms with Gasteiger partial charge in [0.1, 0.15) is 11.5 Å². The smallest absolute Gasteiger partial charge is 0.182 e. The van der Waals surface area contributed by atoms with Crippen LogP contribution in [-0.2, 0) is 6.42 Å². The molecule has 2 aromatic heterocycles. The van der Waals surface area contributed by atoms with Crippen molar-refractivity contribution in [2.75, 3.05) is 0 Å². The molecule has 0 amide bonds. The third-order valence-corrected chi connectivity index (χ3v) is 2.65. The van der Waals surface area contributed by atoms with Gasteiger partial charge in [0.25, 0.3) is 0 Å². The van der Waals surface area contributed by atoms with Crippen molar-refractivity contribution in [2.45, 2.75) is 26.7 Å². The highest BCUT2D eigenvalue weighted by molar-refractivity contribution is 5.95. The van der Waals surface area contributed by atoms with Gasteiger partial charge in [-0.1, -0.05) is 13.8 Å². The summed E-state index contributed by atoms with van der Waals surface area (Å²) in [6.45, 7) is 3.85. The second-order valence-corrected chi connectivity index (χ2v) is 3.78. The molecule has 2 rings (SSSR count). The van der Waals surface area contributed by atoms with Crippen molar-refractivity contribution in [3.8, 4) is 11.4 Å². The Hall–Kier alpha value is -1.97. The van der Waals surface area contributed by atoms with Crippen molar-refractivity contribution in [3.63, 3.8) is 0 Å². The van der Waals surface area contributed by atoms with Gasteiger partial charge in [-0.25, -0.2) is 4.98 Å². The van der Waals surface area contributed by atoms with Crippen LogP contribution in [0, 0.1) is 0 Å². The summed E-state index contributed by atoms with van der Waals surface area (Å²) in [6.07, 6.45) is 4.70. The summed E-state index contributed by atoms with van der Waals surface area (Å²) < 4.78 is 0. The summed E-state index contributed by atoms with van der Waals surface area (Å²) >= 11 is 0. The zero-order valence-corrected chi connectivity index (χ0v) is 10.0. The van der Waals surface area contributed by atoms with E-state index >= 15 is 0 Å². The van der Waals surface area contributed by atoms with Crippen LogP contribution < -0.4 is 0 Å². The van der Waals surface area contributed by atoms with Gasteiger partial charge in [0.05, 0.1) is 0 Å². The highest BCUT2D eigenvalue weighted by Gasteiger charge is 2.15. The molecule has 0 fully saturated rings. The number of Topliss-reactive ketones (excluding diaryl/α,β-unsaturated/α-hetero) is 1. The number of aromatic nitrogens is 3. The Balaban J connectivity index is 2.45. The van der Waals surface area contributed by atoms with E-state index in [2.05, 4.69) is 15.0 Å². The molecule has 88 valence electrons. The van der Waals surface area contributed by atoms with Crippen LogP contribution in [-0.4, -0.2) is 20.7 Å². The fraction of sp³-hybridized carbons (Fsp3) is 0.308. The van der Waals surface area contributed by atoms with Crippen LogP contribution in [0.3, 0.4) is 0 Å². The van der Waals surface area contributed by atoms with Crippen molar-refractivity contribution < 1.29 is 4.79 Å². The number of aryl methyl sites for hydroxylation is 1. The number of H-pyrrole nitrogens is 1. The zero-order valence-electron chi connectivity index (χ0n) is 10.0. The van der Waals surface area contributed by atoms with Crippen LogP contribution in [0.5, 0.6) is 0 Å². The Morgan fingerprint density at radius 1 is 1.41 bits per heavy atom. The minimum Gasteiger partial charge on any atom is -0.341 e. The number of aromatic amines is 1. The van der Waals surface area contributed by atoms with Gasteiger partial charge in [-0.2, -0.15) is 0 Å². The van der Waals surface area contributed by atoms with Crippen LogP contribution >= 0.6 is 0 Å². The van der Waals surface area contributed by atoms with E-state index in [0.717, 1.165) is 17.7 Å². The summed E-state index contributed by atoms with van der Waals surface area (Å²) in [6, 6.07) is 3.77. The van der Waals surface area contributed by atoms with E-state index in [1.54, 1.807) is 12.4 Å². The average Bonchev–Trinajstić information content (AvgIpc) is 2.83. The number of nitrogens with zero attached hydrogens (tertiary/aromatic N) is 2. The minimum atomic E-state index is 0.0771. The average molecular weight is 229 g/mol. The predicted octanol–water partition coefficient (Wildman–Crippen LogP) is 2.63. The van der Waals surface area contributed by atoms with E-state index in [0.29, 0.717) is 17.9 Å². The first-order valence-electron chi connectivity index (χ1n) is 5.78. The maximum atomic E-state index is 11.7. The van der Waals surface area contributed by atoms with Gasteiger partial charge in [0.2, 0.25) is 0 Å². The maximum Gasteiger partial charge on any atom is 0.182 e. The van der Waals surface area contributed by atoms with E-state index < -0.39 is 0 Å². The third-order valence-electron chi connectivity index (χ3n) is 2.65. The molecule has 4 heteroatoms. The monoisotopic (exact) mass is 229 g/mol. The van der Waals surface area contributed by atoms with Crippen LogP contribution in [0.1, 0.15) is 36.5 Å². The fourth-order valence-corrected chi connectivity index (χ4v) is 1.70. The van der Waals surface area contributed by atoms with Gasteiger partial charge in [0, 0.05) is 30.1 Å². The number of imidazole rings is 1. The molecule has 1 N–H and O–H groups in total. The van der Waals surface area contributed by atoms with Gasteiger partial charge in [-0.3, -0.25) is 9.78 Å². The van der Waals surface area contributed by atoms with E-state index in [4.69, 9.17) is 0 Å². The molecule has 0 aliphatic heterocycles. The number of carbonyl (C=O) groups excluding carboxylic acids is 1. The number of ketones is 1. The number of hydrogen-bond acceptors (Lipinski definition) is 3. The minimum absolute atomic E-state index is 0.0771. The lowest BCUT2D eigenvalue weighted by molar-refractivity contribution is 0.0983. The lowest BCUT2D eigenvalue weighted by Gasteiger charge is -1.94. The largest absolute Gasteiger partial charge is 0.341 e. The zero-order chi connectivity index (χ0) is 12.3. The van der Waals surface area contributed by atoms with Gasteiger partial charge in [0.15, 0.2) is 5.78 Å².